The molecule has 230 valence electrons. The van der Waals surface area contributed by atoms with Gasteiger partial charge in [0.2, 0.25) is 0 Å². The van der Waals surface area contributed by atoms with Crippen LogP contribution in [-0.2, 0) is 6.54 Å². The molecule has 1 aromatic carbocycles. The van der Waals surface area contributed by atoms with E-state index in [9.17, 15) is 0 Å². The number of halogens is 1. The number of hydrogen-bond donors (Lipinski definition) is 0. The van der Waals surface area contributed by atoms with Crippen molar-refractivity contribution in [3.05, 3.63) is 35.9 Å². The molecule has 0 fully saturated rings. The van der Waals surface area contributed by atoms with E-state index in [1.807, 2.05) is 0 Å². The first-order chi connectivity index (χ1) is 18.6. The number of unbranched alkanes of at least 4 members (excludes halogenated alkanes) is 21. The molecule has 1 atom stereocenters. The molecule has 2 heteroatoms. The molecule has 1 rings (SSSR count). The van der Waals surface area contributed by atoms with Crippen molar-refractivity contribution in [3.8, 4) is 0 Å². The van der Waals surface area contributed by atoms with Crippen molar-refractivity contribution in [1.29, 1.82) is 0 Å². The molecular formula is C37H70ClN. The third kappa shape index (κ3) is 22.8. The molecule has 39 heavy (non-hydrogen) atoms. The van der Waals surface area contributed by atoms with Gasteiger partial charge in [0, 0.05) is 5.56 Å². The molecule has 0 bridgehead atoms. The van der Waals surface area contributed by atoms with Crippen molar-refractivity contribution < 1.29 is 16.9 Å². The summed E-state index contributed by atoms with van der Waals surface area (Å²) in [6, 6.07) is 12.0. The van der Waals surface area contributed by atoms with Crippen LogP contribution in [0, 0.1) is 0 Å². The predicted octanol–water partition coefficient (Wildman–Crippen LogP) is 9.43. The van der Waals surface area contributed by atoms with Crippen molar-refractivity contribution in [2.24, 2.45) is 0 Å². The highest BCUT2D eigenvalue weighted by Crippen LogP contribution is 2.25. The first-order valence-corrected chi connectivity index (χ1v) is 17.5. The Bertz CT molecular complexity index is 599. The average molecular weight is 564 g/mol. The zero-order valence-corrected chi connectivity index (χ0v) is 27.9. The molecule has 0 aliphatic heterocycles. The highest BCUT2D eigenvalue weighted by atomic mass is 35.5. The van der Waals surface area contributed by atoms with Crippen molar-refractivity contribution >= 4 is 0 Å². The Morgan fingerprint density at radius 3 is 1.10 bits per heavy atom. The molecule has 1 nitrogen and oxygen atoms in total. The van der Waals surface area contributed by atoms with Crippen molar-refractivity contribution in [2.75, 3.05) is 14.1 Å². The lowest BCUT2D eigenvalue weighted by atomic mass is 9.96. The van der Waals surface area contributed by atoms with Crippen LogP contribution in [0.5, 0.6) is 0 Å². The second-order valence-electron chi connectivity index (χ2n) is 13.1. The van der Waals surface area contributed by atoms with Gasteiger partial charge in [-0.25, -0.2) is 0 Å². The maximum absolute atomic E-state index is 2.50. The lowest BCUT2D eigenvalue weighted by Gasteiger charge is -2.39. The molecule has 0 aromatic heterocycles. The Labute approximate surface area is 253 Å². The van der Waals surface area contributed by atoms with Crippen molar-refractivity contribution in [2.45, 2.75) is 187 Å². The molecule has 0 saturated heterocycles. The van der Waals surface area contributed by atoms with Crippen molar-refractivity contribution in [1.82, 2.24) is 0 Å². The van der Waals surface area contributed by atoms with Gasteiger partial charge in [0.25, 0.3) is 0 Å². The minimum Gasteiger partial charge on any atom is -1.00 e. The van der Waals surface area contributed by atoms with Crippen molar-refractivity contribution in [3.63, 3.8) is 0 Å². The summed E-state index contributed by atoms with van der Waals surface area (Å²) in [6.07, 6.45) is 36.1. The molecule has 1 aromatic rings. The van der Waals surface area contributed by atoms with Gasteiger partial charge in [-0.2, -0.15) is 0 Å². The van der Waals surface area contributed by atoms with Gasteiger partial charge in [-0.1, -0.05) is 179 Å². The van der Waals surface area contributed by atoms with Crippen LogP contribution < -0.4 is 12.4 Å². The predicted molar refractivity (Wildman–Crippen MR) is 173 cm³/mol. The Hall–Kier alpha value is -0.530. The highest BCUT2D eigenvalue weighted by molar-refractivity contribution is 5.13. The van der Waals surface area contributed by atoms with Crippen LogP contribution in [0.3, 0.4) is 0 Å². The van der Waals surface area contributed by atoms with Gasteiger partial charge in [-0.05, 0) is 25.7 Å². The summed E-state index contributed by atoms with van der Waals surface area (Å²) in [4.78, 5) is 0. The van der Waals surface area contributed by atoms with Gasteiger partial charge in [0.15, 0.2) is 0 Å². The van der Waals surface area contributed by atoms with Gasteiger partial charge < -0.3 is 16.9 Å². The summed E-state index contributed by atoms with van der Waals surface area (Å²) in [6.45, 7) is 5.79. The van der Waals surface area contributed by atoms with Crippen LogP contribution in [0.2, 0.25) is 0 Å². The molecule has 0 radical (unpaired) electrons. The summed E-state index contributed by atoms with van der Waals surface area (Å²) in [5.74, 6) is 0. The van der Waals surface area contributed by atoms with Gasteiger partial charge >= 0.3 is 0 Å². The average Bonchev–Trinajstić information content (AvgIpc) is 2.91. The third-order valence-electron chi connectivity index (χ3n) is 8.95. The third-order valence-corrected chi connectivity index (χ3v) is 8.95. The number of hydrogen-bond acceptors (Lipinski definition) is 0. The zero-order valence-electron chi connectivity index (χ0n) is 27.2. The summed E-state index contributed by atoms with van der Waals surface area (Å²) in [5.41, 5.74) is 1.50. The van der Waals surface area contributed by atoms with Crippen LogP contribution in [0.4, 0.5) is 0 Å². The van der Waals surface area contributed by atoms with E-state index in [2.05, 4.69) is 58.3 Å². The van der Waals surface area contributed by atoms with Gasteiger partial charge in [0.05, 0.1) is 20.1 Å². The Kier molecular flexibility index (Phi) is 27.3. The quantitative estimate of drug-likeness (QED) is 0.0703. The van der Waals surface area contributed by atoms with Gasteiger partial charge in [-0.3, -0.25) is 0 Å². The van der Waals surface area contributed by atoms with Crippen LogP contribution in [0.1, 0.15) is 180 Å². The number of quaternary nitrogens is 1. The minimum atomic E-state index is 0. The SMILES string of the molecule is CCCCCCCCCCCCCCCC(CCCCCCCCCCCC)[N+](C)(C)Cc1ccccc1.[Cl-]. The van der Waals surface area contributed by atoms with E-state index >= 15 is 0 Å². The topological polar surface area (TPSA) is 0 Å². The summed E-state index contributed by atoms with van der Waals surface area (Å²) >= 11 is 0. The molecule has 0 aliphatic carbocycles. The number of benzene rings is 1. The summed E-state index contributed by atoms with van der Waals surface area (Å²) in [7, 11) is 4.99. The molecule has 0 amide bonds. The molecule has 0 saturated carbocycles. The molecule has 1 unspecified atom stereocenters. The van der Waals surface area contributed by atoms with Crippen LogP contribution >= 0.6 is 0 Å². The first kappa shape index (κ1) is 38.5. The van der Waals surface area contributed by atoms with E-state index in [1.165, 1.54) is 173 Å². The highest BCUT2D eigenvalue weighted by Gasteiger charge is 2.27. The molecular weight excluding hydrogens is 494 g/mol. The molecule has 0 aliphatic rings. The molecule has 0 spiro atoms. The number of rotatable bonds is 28. The maximum Gasteiger partial charge on any atom is 0.104 e. The Balaban J connectivity index is 0.0000144. The monoisotopic (exact) mass is 564 g/mol. The zero-order chi connectivity index (χ0) is 27.6. The second kappa shape index (κ2) is 27.6. The standard InChI is InChI=1S/C37H70N.ClH/c1-5-7-9-11-13-15-17-18-19-21-23-25-30-34-37(38(3,4)35-36-31-27-26-28-32-36)33-29-24-22-20-16-14-12-10-8-6-2;/h26-28,31-32,37H,5-25,29-30,33-35H2,1-4H3;1H/q+1;/p-1. The van der Waals surface area contributed by atoms with E-state index in [4.69, 9.17) is 0 Å². The van der Waals surface area contributed by atoms with Crippen LogP contribution in [0.15, 0.2) is 30.3 Å². The van der Waals surface area contributed by atoms with Gasteiger partial charge in [-0.15, -0.1) is 0 Å². The fourth-order valence-corrected chi connectivity index (χ4v) is 6.29. The van der Waals surface area contributed by atoms with Crippen LogP contribution in [0.25, 0.3) is 0 Å². The van der Waals surface area contributed by atoms with E-state index in [1.54, 1.807) is 0 Å². The van der Waals surface area contributed by atoms with E-state index in [-0.39, 0.29) is 12.4 Å². The fraction of sp³-hybridized carbons (Fsp3) is 0.838. The maximum atomic E-state index is 2.50. The fourth-order valence-electron chi connectivity index (χ4n) is 6.29. The molecule has 0 heterocycles. The van der Waals surface area contributed by atoms with Gasteiger partial charge in [0.1, 0.15) is 6.54 Å². The Morgan fingerprint density at radius 1 is 0.462 bits per heavy atom. The largest absolute Gasteiger partial charge is 1.00 e. The molecule has 0 N–H and O–H groups in total. The first-order valence-electron chi connectivity index (χ1n) is 17.5. The summed E-state index contributed by atoms with van der Waals surface area (Å²) in [5, 5.41) is 0. The number of nitrogens with zero attached hydrogens (tertiary/aromatic N) is 1. The van der Waals surface area contributed by atoms with E-state index in [0.29, 0.717) is 0 Å². The van der Waals surface area contributed by atoms with Crippen LogP contribution in [-0.4, -0.2) is 24.6 Å². The van der Waals surface area contributed by atoms with E-state index in [0.717, 1.165) is 10.5 Å². The smallest absolute Gasteiger partial charge is 0.104 e. The Morgan fingerprint density at radius 2 is 0.769 bits per heavy atom. The summed E-state index contributed by atoms with van der Waals surface area (Å²) < 4.78 is 1.15. The minimum absolute atomic E-state index is 0. The lowest BCUT2D eigenvalue weighted by Crippen LogP contribution is -3.00. The normalized spacial score (nSPS) is 12.4. The second-order valence-corrected chi connectivity index (χ2v) is 13.1. The lowest BCUT2D eigenvalue weighted by molar-refractivity contribution is -0.928. The van der Waals surface area contributed by atoms with E-state index < -0.39 is 0 Å².